The van der Waals surface area contributed by atoms with E-state index in [0.29, 0.717) is 11.0 Å². The number of benzene rings is 1. The van der Waals surface area contributed by atoms with E-state index < -0.39 is 15.8 Å². The molecule has 114 valence electrons. The molecule has 2 unspecified atom stereocenters. The third-order valence-electron chi connectivity index (χ3n) is 3.32. The molecule has 2 N–H and O–H groups in total. The minimum absolute atomic E-state index is 0. The van der Waals surface area contributed by atoms with E-state index in [1.54, 1.807) is 0 Å². The summed E-state index contributed by atoms with van der Waals surface area (Å²) in [4.78, 5) is -0.320. The van der Waals surface area contributed by atoms with Crippen LogP contribution in [0, 0.1) is 11.7 Å². The lowest BCUT2D eigenvalue weighted by molar-refractivity contribution is 0.327. The summed E-state index contributed by atoms with van der Waals surface area (Å²) in [7, 11) is -3.84. The van der Waals surface area contributed by atoms with E-state index in [2.05, 4.69) is 26.0 Å². The standard InChI is InChI=1S/C12H16BrFN2O2S.ClH/c1-8-4-5-15-7-11(8)16-19(17,18)12-6-9(13)2-3-10(12)14;/h2-3,6,8,11,15-16H,4-5,7H2,1H3;1H. The maximum Gasteiger partial charge on any atom is 0.243 e. The van der Waals surface area contributed by atoms with Crippen molar-refractivity contribution >= 4 is 38.4 Å². The SMILES string of the molecule is CC1CCNCC1NS(=O)(=O)c1cc(Br)ccc1F.Cl. The summed E-state index contributed by atoms with van der Waals surface area (Å²) >= 11 is 3.15. The molecule has 20 heavy (non-hydrogen) atoms. The Morgan fingerprint density at radius 1 is 1.45 bits per heavy atom. The second-order valence-electron chi connectivity index (χ2n) is 4.77. The molecule has 0 spiro atoms. The number of nitrogens with one attached hydrogen (secondary N) is 2. The van der Waals surface area contributed by atoms with E-state index in [-0.39, 0.29) is 29.3 Å². The van der Waals surface area contributed by atoms with Crippen LogP contribution in [0.2, 0.25) is 0 Å². The quantitative estimate of drug-likeness (QED) is 0.836. The Hall–Kier alpha value is -0.210. The maximum atomic E-state index is 13.7. The van der Waals surface area contributed by atoms with Crippen molar-refractivity contribution in [2.45, 2.75) is 24.3 Å². The smallest absolute Gasteiger partial charge is 0.243 e. The van der Waals surface area contributed by atoms with Crippen LogP contribution in [0.1, 0.15) is 13.3 Å². The Bertz CT molecular complexity index is 571. The van der Waals surface area contributed by atoms with Gasteiger partial charge in [-0.3, -0.25) is 0 Å². The third kappa shape index (κ3) is 4.14. The highest BCUT2D eigenvalue weighted by Gasteiger charge is 2.28. The van der Waals surface area contributed by atoms with Gasteiger partial charge in [0.25, 0.3) is 0 Å². The van der Waals surface area contributed by atoms with Crippen LogP contribution in [-0.2, 0) is 10.0 Å². The normalized spacial score (nSPS) is 23.1. The molecule has 0 radical (unpaired) electrons. The van der Waals surface area contributed by atoms with Crippen LogP contribution in [0.15, 0.2) is 27.6 Å². The monoisotopic (exact) mass is 386 g/mol. The molecule has 1 aromatic carbocycles. The molecule has 0 saturated carbocycles. The van der Waals surface area contributed by atoms with Gasteiger partial charge in [-0.1, -0.05) is 22.9 Å². The van der Waals surface area contributed by atoms with E-state index in [0.717, 1.165) is 19.0 Å². The van der Waals surface area contributed by atoms with Crippen LogP contribution in [0.5, 0.6) is 0 Å². The minimum Gasteiger partial charge on any atom is -0.315 e. The van der Waals surface area contributed by atoms with Gasteiger partial charge in [0.15, 0.2) is 0 Å². The fraction of sp³-hybridized carbons (Fsp3) is 0.500. The van der Waals surface area contributed by atoms with Crippen LogP contribution >= 0.6 is 28.3 Å². The zero-order valence-electron chi connectivity index (χ0n) is 10.9. The molecule has 4 nitrogen and oxygen atoms in total. The highest BCUT2D eigenvalue weighted by atomic mass is 79.9. The second kappa shape index (κ2) is 7.17. The molecule has 2 rings (SSSR count). The van der Waals surface area contributed by atoms with Gasteiger partial charge in [0.1, 0.15) is 10.7 Å². The highest BCUT2D eigenvalue weighted by molar-refractivity contribution is 9.10. The summed E-state index contributed by atoms with van der Waals surface area (Å²) in [6.07, 6.45) is 0.897. The lowest BCUT2D eigenvalue weighted by Gasteiger charge is -2.30. The molecule has 1 saturated heterocycles. The molecule has 2 atom stereocenters. The Balaban J connectivity index is 0.00000200. The topological polar surface area (TPSA) is 58.2 Å². The summed E-state index contributed by atoms with van der Waals surface area (Å²) in [6.45, 7) is 3.44. The van der Waals surface area contributed by atoms with E-state index in [1.807, 2.05) is 6.92 Å². The number of hydrogen-bond donors (Lipinski definition) is 2. The Kier molecular flexibility index (Phi) is 6.40. The Morgan fingerprint density at radius 2 is 2.15 bits per heavy atom. The molecule has 0 aromatic heterocycles. The summed E-state index contributed by atoms with van der Waals surface area (Å²) in [5.41, 5.74) is 0. The highest BCUT2D eigenvalue weighted by Crippen LogP contribution is 2.21. The van der Waals surface area contributed by atoms with Gasteiger partial charge < -0.3 is 5.32 Å². The Labute approximate surface area is 133 Å². The van der Waals surface area contributed by atoms with Gasteiger partial charge >= 0.3 is 0 Å². The average molecular weight is 388 g/mol. The first-order valence-electron chi connectivity index (χ1n) is 6.08. The molecule has 1 aromatic rings. The second-order valence-corrected chi connectivity index (χ2v) is 7.37. The van der Waals surface area contributed by atoms with E-state index in [4.69, 9.17) is 0 Å². The predicted octanol–water partition coefficient (Wildman–Crippen LogP) is 2.29. The molecule has 0 amide bonds. The van der Waals surface area contributed by atoms with Crippen molar-refractivity contribution in [3.63, 3.8) is 0 Å². The zero-order valence-corrected chi connectivity index (χ0v) is 14.1. The van der Waals surface area contributed by atoms with Gasteiger partial charge in [0.05, 0.1) is 0 Å². The van der Waals surface area contributed by atoms with Crippen molar-refractivity contribution in [2.75, 3.05) is 13.1 Å². The van der Waals surface area contributed by atoms with Crippen LogP contribution in [0.25, 0.3) is 0 Å². The largest absolute Gasteiger partial charge is 0.315 e. The first-order valence-corrected chi connectivity index (χ1v) is 8.36. The fourth-order valence-corrected chi connectivity index (χ4v) is 4.05. The number of sulfonamides is 1. The van der Waals surface area contributed by atoms with Gasteiger partial charge in [-0.05, 0) is 37.1 Å². The lowest BCUT2D eigenvalue weighted by atomic mass is 9.96. The molecule has 0 aliphatic carbocycles. The van der Waals surface area contributed by atoms with Crippen molar-refractivity contribution in [2.24, 2.45) is 5.92 Å². The van der Waals surface area contributed by atoms with Gasteiger partial charge in [-0.25, -0.2) is 17.5 Å². The molecular weight excluding hydrogens is 371 g/mol. The van der Waals surface area contributed by atoms with Crippen molar-refractivity contribution < 1.29 is 12.8 Å². The van der Waals surface area contributed by atoms with Crippen molar-refractivity contribution in [3.05, 3.63) is 28.5 Å². The predicted molar refractivity (Wildman–Crippen MR) is 82.1 cm³/mol. The summed E-state index contributed by atoms with van der Waals surface area (Å²) in [5.74, 6) is -0.515. The first kappa shape index (κ1) is 17.8. The van der Waals surface area contributed by atoms with E-state index >= 15 is 0 Å². The Morgan fingerprint density at radius 3 is 2.80 bits per heavy atom. The molecule has 1 aliphatic rings. The molecule has 1 aliphatic heterocycles. The van der Waals surface area contributed by atoms with Crippen molar-refractivity contribution in [1.82, 2.24) is 10.0 Å². The number of piperidine rings is 1. The molecule has 0 bridgehead atoms. The molecule has 8 heteroatoms. The molecule has 1 fully saturated rings. The van der Waals surface area contributed by atoms with Crippen molar-refractivity contribution in [3.8, 4) is 0 Å². The zero-order chi connectivity index (χ0) is 14.0. The third-order valence-corrected chi connectivity index (χ3v) is 5.32. The van der Waals surface area contributed by atoms with Crippen LogP contribution in [0.4, 0.5) is 4.39 Å². The summed E-state index contributed by atoms with van der Waals surface area (Å²) in [6, 6.07) is 3.68. The van der Waals surface area contributed by atoms with Crippen LogP contribution in [0.3, 0.4) is 0 Å². The average Bonchev–Trinajstić information content (AvgIpc) is 2.35. The van der Waals surface area contributed by atoms with Gasteiger partial charge in [0, 0.05) is 17.1 Å². The maximum absolute atomic E-state index is 13.7. The van der Waals surface area contributed by atoms with E-state index in [1.165, 1.54) is 12.1 Å². The number of hydrogen-bond acceptors (Lipinski definition) is 3. The van der Waals surface area contributed by atoms with Crippen molar-refractivity contribution in [1.29, 1.82) is 0 Å². The summed E-state index contributed by atoms with van der Waals surface area (Å²) in [5, 5.41) is 3.14. The van der Waals surface area contributed by atoms with Gasteiger partial charge in [-0.2, -0.15) is 0 Å². The first-order chi connectivity index (χ1) is 8.90. The number of rotatable bonds is 3. The summed E-state index contributed by atoms with van der Waals surface area (Å²) < 4.78 is 41.2. The van der Waals surface area contributed by atoms with Gasteiger partial charge in [-0.15, -0.1) is 12.4 Å². The fourth-order valence-electron chi connectivity index (χ4n) is 2.09. The van der Waals surface area contributed by atoms with Gasteiger partial charge in [0.2, 0.25) is 10.0 Å². The van der Waals surface area contributed by atoms with Crippen LogP contribution < -0.4 is 10.0 Å². The number of halogens is 3. The van der Waals surface area contributed by atoms with E-state index in [9.17, 15) is 12.8 Å². The lowest BCUT2D eigenvalue weighted by Crippen LogP contribution is -2.50. The molecular formula is C12H17BrClFN2O2S. The minimum atomic E-state index is -3.84. The molecule has 1 heterocycles. The van der Waals surface area contributed by atoms with Crippen LogP contribution in [-0.4, -0.2) is 27.5 Å².